The number of nitrogens with zero attached hydrogens (tertiary/aromatic N) is 3. The van der Waals surface area contributed by atoms with E-state index >= 15 is 0 Å². The summed E-state index contributed by atoms with van der Waals surface area (Å²) in [7, 11) is 0. The number of rotatable bonds is 6. The minimum Gasteiger partial charge on any atom is -0.336 e. The van der Waals surface area contributed by atoms with Crippen LogP contribution in [0.2, 0.25) is 0 Å². The predicted molar refractivity (Wildman–Crippen MR) is 71.7 cm³/mol. The Bertz CT molecular complexity index is 539. The third-order valence-corrected chi connectivity index (χ3v) is 2.98. The van der Waals surface area contributed by atoms with Crippen molar-refractivity contribution in [3.05, 3.63) is 58.7 Å². The van der Waals surface area contributed by atoms with Crippen LogP contribution in [0.1, 0.15) is 18.5 Å². The van der Waals surface area contributed by atoms with Crippen molar-refractivity contribution in [2.75, 3.05) is 6.54 Å². The number of para-hydroxylation sites is 1. The Hall–Kier alpha value is -2.21. The largest absolute Gasteiger partial charge is 0.336 e. The molecule has 100 valence electrons. The van der Waals surface area contributed by atoms with Crippen LogP contribution in [0.4, 0.5) is 5.69 Å². The molecule has 0 spiro atoms. The molecule has 0 aliphatic carbocycles. The lowest BCUT2D eigenvalue weighted by atomic mass is 10.1. The predicted octanol–water partition coefficient (Wildman–Crippen LogP) is 2.14. The van der Waals surface area contributed by atoms with Gasteiger partial charge in [-0.05, 0) is 6.92 Å². The van der Waals surface area contributed by atoms with Gasteiger partial charge in [0.15, 0.2) is 0 Å². The van der Waals surface area contributed by atoms with E-state index in [4.69, 9.17) is 0 Å². The highest BCUT2D eigenvalue weighted by atomic mass is 16.6. The summed E-state index contributed by atoms with van der Waals surface area (Å²) >= 11 is 0. The molecule has 0 radical (unpaired) electrons. The number of hydrogen-bond acceptors (Lipinski definition) is 4. The van der Waals surface area contributed by atoms with Gasteiger partial charge in [0.2, 0.25) is 0 Å². The highest BCUT2D eigenvalue weighted by Crippen LogP contribution is 2.24. The van der Waals surface area contributed by atoms with Gasteiger partial charge in [-0.25, -0.2) is 4.98 Å². The zero-order chi connectivity index (χ0) is 13.7. The maximum Gasteiger partial charge on any atom is 0.274 e. The van der Waals surface area contributed by atoms with Gasteiger partial charge in [0.05, 0.1) is 11.3 Å². The van der Waals surface area contributed by atoms with E-state index in [1.807, 2.05) is 23.8 Å². The smallest absolute Gasteiger partial charge is 0.274 e. The first-order valence-electron chi connectivity index (χ1n) is 6.11. The molecule has 2 rings (SSSR count). The summed E-state index contributed by atoms with van der Waals surface area (Å²) in [5, 5.41) is 14.2. The molecule has 1 aromatic heterocycles. The number of hydrogen-bond donors (Lipinski definition) is 1. The van der Waals surface area contributed by atoms with Crippen molar-refractivity contribution in [2.45, 2.75) is 19.5 Å². The maximum absolute atomic E-state index is 11.0. The highest BCUT2D eigenvalue weighted by Gasteiger charge is 2.17. The van der Waals surface area contributed by atoms with Gasteiger partial charge >= 0.3 is 0 Å². The molecule has 6 heteroatoms. The molecular weight excluding hydrogens is 244 g/mol. The molecule has 0 amide bonds. The fourth-order valence-electron chi connectivity index (χ4n) is 1.96. The Balaban J connectivity index is 1.96. The minimum absolute atomic E-state index is 0.0647. The van der Waals surface area contributed by atoms with Crippen molar-refractivity contribution >= 4 is 5.69 Å². The molecule has 2 aromatic rings. The van der Waals surface area contributed by atoms with E-state index in [1.165, 1.54) is 6.07 Å². The molecule has 1 unspecified atom stereocenters. The first kappa shape index (κ1) is 13.2. The van der Waals surface area contributed by atoms with Crippen molar-refractivity contribution in [3.8, 4) is 0 Å². The van der Waals surface area contributed by atoms with Gasteiger partial charge in [0.1, 0.15) is 0 Å². The van der Waals surface area contributed by atoms with Gasteiger partial charge in [-0.3, -0.25) is 10.1 Å². The molecule has 0 aliphatic heterocycles. The van der Waals surface area contributed by atoms with E-state index < -0.39 is 0 Å². The summed E-state index contributed by atoms with van der Waals surface area (Å²) in [6.45, 7) is 3.44. The molecule has 6 nitrogen and oxygen atoms in total. The average Bonchev–Trinajstić information content (AvgIpc) is 2.91. The number of benzene rings is 1. The van der Waals surface area contributed by atoms with Gasteiger partial charge in [0, 0.05) is 43.2 Å². The second-order valence-electron chi connectivity index (χ2n) is 4.29. The third kappa shape index (κ3) is 3.38. The van der Waals surface area contributed by atoms with Crippen LogP contribution in [-0.4, -0.2) is 21.0 Å². The lowest BCUT2D eigenvalue weighted by molar-refractivity contribution is -0.385. The van der Waals surface area contributed by atoms with Crippen LogP contribution >= 0.6 is 0 Å². The fraction of sp³-hybridized carbons (Fsp3) is 0.308. The lowest BCUT2D eigenvalue weighted by Crippen LogP contribution is -2.23. The first-order valence-corrected chi connectivity index (χ1v) is 6.11. The number of aromatic nitrogens is 2. The number of imidazole rings is 1. The Morgan fingerprint density at radius 2 is 2.26 bits per heavy atom. The molecule has 1 atom stereocenters. The molecular formula is C13H16N4O2. The molecule has 0 fully saturated rings. The summed E-state index contributed by atoms with van der Waals surface area (Å²) in [6, 6.07) is 6.75. The molecule has 0 aliphatic rings. The van der Waals surface area contributed by atoms with Gasteiger partial charge in [-0.15, -0.1) is 0 Å². The van der Waals surface area contributed by atoms with Crippen LogP contribution in [0.3, 0.4) is 0 Å². The van der Waals surface area contributed by atoms with Crippen LogP contribution in [0.25, 0.3) is 0 Å². The topological polar surface area (TPSA) is 73.0 Å². The van der Waals surface area contributed by atoms with E-state index in [2.05, 4.69) is 10.3 Å². The maximum atomic E-state index is 11.0. The second-order valence-corrected chi connectivity index (χ2v) is 4.29. The minimum atomic E-state index is -0.344. The number of nitro benzene ring substituents is 1. The summed E-state index contributed by atoms with van der Waals surface area (Å²) in [6.07, 6.45) is 5.36. The van der Waals surface area contributed by atoms with Gasteiger partial charge in [-0.2, -0.15) is 0 Å². The molecule has 0 saturated heterocycles. The molecule has 0 saturated carbocycles. The fourth-order valence-corrected chi connectivity index (χ4v) is 1.96. The van der Waals surface area contributed by atoms with Crippen molar-refractivity contribution in [2.24, 2.45) is 0 Å². The van der Waals surface area contributed by atoms with E-state index in [0.29, 0.717) is 5.56 Å². The van der Waals surface area contributed by atoms with Crippen molar-refractivity contribution in [1.82, 2.24) is 14.9 Å². The van der Waals surface area contributed by atoms with Crippen LogP contribution in [0, 0.1) is 10.1 Å². The molecule has 1 aromatic carbocycles. The molecule has 0 bridgehead atoms. The quantitative estimate of drug-likeness (QED) is 0.638. The number of nitrogens with one attached hydrogen (secondary N) is 1. The molecule has 1 heterocycles. The monoisotopic (exact) mass is 260 g/mol. The van der Waals surface area contributed by atoms with Crippen LogP contribution in [0.15, 0.2) is 43.0 Å². The summed E-state index contributed by atoms with van der Waals surface area (Å²) in [5.74, 6) is 0. The Morgan fingerprint density at radius 3 is 2.95 bits per heavy atom. The standard InChI is InChI=1S/C13H16N4O2/c1-11(15-7-9-16-8-6-14-10-16)12-4-2-3-5-13(12)17(18)19/h2-6,8,10-11,15H,7,9H2,1H3. The van der Waals surface area contributed by atoms with E-state index in [9.17, 15) is 10.1 Å². The summed E-state index contributed by atoms with van der Waals surface area (Å²) in [4.78, 5) is 14.6. The Morgan fingerprint density at radius 1 is 1.47 bits per heavy atom. The van der Waals surface area contributed by atoms with Crippen molar-refractivity contribution < 1.29 is 4.92 Å². The normalized spacial score (nSPS) is 12.3. The lowest BCUT2D eigenvalue weighted by Gasteiger charge is -2.14. The molecule has 1 N–H and O–H groups in total. The second kappa shape index (κ2) is 6.10. The zero-order valence-electron chi connectivity index (χ0n) is 10.7. The highest BCUT2D eigenvalue weighted by molar-refractivity contribution is 5.41. The van der Waals surface area contributed by atoms with E-state index in [1.54, 1.807) is 24.7 Å². The van der Waals surface area contributed by atoms with Crippen LogP contribution in [-0.2, 0) is 6.54 Å². The van der Waals surface area contributed by atoms with E-state index in [-0.39, 0.29) is 16.7 Å². The Kier molecular flexibility index (Phi) is 4.25. The molecule has 19 heavy (non-hydrogen) atoms. The summed E-state index contributed by atoms with van der Waals surface area (Å²) < 4.78 is 1.96. The van der Waals surface area contributed by atoms with Gasteiger partial charge in [-0.1, -0.05) is 18.2 Å². The van der Waals surface area contributed by atoms with E-state index in [0.717, 1.165) is 13.1 Å². The SMILES string of the molecule is CC(NCCn1ccnc1)c1ccccc1[N+](=O)[O-]. The average molecular weight is 260 g/mol. The number of nitro groups is 1. The Labute approximate surface area is 111 Å². The first-order chi connectivity index (χ1) is 9.18. The van der Waals surface area contributed by atoms with Crippen LogP contribution < -0.4 is 5.32 Å². The van der Waals surface area contributed by atoms with Crippen LogP contribution in [0.5, 0.6) is 0 Å². The van der Waals surface area contributed by atoms with Gasteiger partial charge in [0.25, 0.3) is 5.69 Å². The van der Waals surface area contributed by atoms with Crippen molar-refractivity contribution in [1.29, 1.82) is 0 Å². The zero-order valence-corrected chi connectivity index (χ0v) is 10.7. The third-order valence-electron chi connectivity index (χ3n) is 2.98. The summed E-state index contributed by atoms with van der Waals surface area (Å²) in [5.41, 5.74) is 0.864. The van der Waals surface area contributed by atoms with Gasteiger partial charge < -0.3 is 9.88 Å². The van der Waals surface area contributed by atoms with Crippen molar-refractivity contribution in [3.63, 3.8) is 0 Å².